The number of halogens is 4. The maximum Gasteiger partial charge on any atom is 0.410 e. The molecule has 28 heavy (non-hydrogen) atoms. The van der Waals surface area contributed by atoms with Gasteiger partial charge in [0, 0.05) is 28.1 Å². The number of carbonyl (C=O) groups is 1. The average molecular weight is 427 g/mol. The van der Waals surface area contributed by atoms with Crippen molar-refractivity contribution in [3.8, 4) is 0 Å². The summed E-state index contributed by atoms with van der Waals surface area (Å²) in [5.74, 6) is -0.456. The highest BCUT2D eigenvalue weighted by Crippen LogP contribution is 2.44. The highest BCUT2D eigenvalue weighted by molar-refractivity contribution is 7.10. The number of alkyl halides is 3. The Labute approximate surface area is 167 Å². The van der Waals surface area contributed by atoms with E-state index in [4.69, 9.17) is 11.6 Å². The number of aromatic nitrogens is 2. The van der Waals surface area contributed by atoms with Crippen LogP contribution < -0.4 is 10.6 Å². The van der Waals surface area contributed by atoms with Crippen LogP contribution in [-0.4, -0.2) is 21.9 Å². The number of nitrogens with zero attached hydrogens (tertiary/aromatic N) is 2. The van der Waals surface area contributed by atoms with Crippen LogP contribution in [0.3, 0.4) is 0 Å². The molecule has 3 aromatic rings. The molecule has 0 saturated carbocycles. The molecule has 3 heterocycles. The smallest absolute Gasteiger partial charge is 0.363 e. The number of rotatable bonds is 3. The van der Waals surface area contributed by atoms with Crippen molar-refractivity contribution in [2.24, 2.45) is 0 Å². The van der Waals surface area contributed by atoms with Crippen molar-refractivity contribution in [3.05, 3.63) is 63.4 Å². The normalized spacial score (nSPS) is 19.0. The first-order valence-electron chi connectivity index (χ1n) is 8.34. The summed E-state index contributed by atoms with van der Waals surface area (Å²) in [5, 5.41) is 11.8. The van der Waals surface area contributed by atoms with Crippen LogP contribution in [0.2, 0.25) is 5.02 Å². The Balaban J connectivity index is 1.64. The SMILES string of the molecule is O=C(Nc1cccc(Cl)c1)c1cc2n(n1)[C@H](C(F)(F)F)C[C@H](c1cccs1)N2. The lowest BCUT2D eigenvalue weighted by atomic mass is 10.0. The van der Waals surface area contributed by atoms with E-state index in [1.54, 1.807) is 36.4 Å². The Morgan fingerprint density at radius 2 is 2.11 bits per heavy atom. The van der Waals surface area contributed by atoms with E-state index in [2.05, 4.69) is 15.7 Å². The molecule has 0 bridgehead atoms. The molecule has 0 fully saturated rings. The summed E-state index contributed by atoms with van der Waals surface area (Å²) in [4.78, 5) is 13.3. The molecule has 10 heteroatoms. The summed E-state index contributed by atoms with van der Waals surface area (Å²) >= 11 is 7.27. The number of benzene rings is 1. The number of fused-ring (bicyclic) bond motifs is 1. The number of anilines is 2. The molecule has 0 radical (unpaired) electrons. The molecular weight excluding hydrogens is 413 g/mol. The lowest BCUT2D eigenvalue weighted by molar-refractivity contribution is -0.173. The van der Waals surface area contributed by atoms with Gasteiger partial charge < -0.3 is 10.6 Å². The Bertz CT molecular complexity index is 1000. The Morgan fingerprint density at radius 1 is 1.29 bits per heavy atom. The van der Waals surface area contributed by atoms with Crippen molar-refractivity contribution in [1.82, 2.24) is 9.78 Å². The van der Waals surface area contributed by atoms with Crippen molar-refractivity contribution in [2.45, 2.75) is 24.7 Å². The van der Waals surface area contributed by atoms with Gasteiger partial charge in [0.15, 0.2) is 11.7 Å². The third-order valence-corrected chi connectivity index (χ3v) is 5.61. The third-order valence-electron chi connectivity index (χ3n) is 4.39. The zero-order chi connectivity index (χ0) is 19.9. The van der Waals surface area contributed by atoms with Crippen LogP contribution in [0.4, 0.5) is 24.7 Å². The second kappa shape index (κ2) is 7.14. The lowest BCUT2D eigenvalue weighted by Crippen LogP contribution is -2.35. The van der Waals surface area contributed by atoms with Gasteiger partial charge in [0.1, 0.15) is 5.82 Å². The van der Waals surface area contributed by atoms with Gasteiger partial charge in [-0.25, -0.2) is 4.68 Å². The number of thiophene rings is 1. The van der Waals surface area contributed by atoms with Gasteiger partial charge in [-0.3, -0.25) is 4.79 Å². The number of carbonyl (C=O) groups excluding carboxylic acids is 1. The topological polar surface area (TPSA) is 59.0 Å². The standard InChI is InChI=1S/C18H14ClF3N4OS/c19-10-3-1-4-11(7-10)23-17(27)13-9-16-24-12(14-5-2-6-28-14)8-15(18(20,21)22)26(16)25-13/h1-7,9,12,15,24H,8H2,(H,23,27)/t12-,15+/m1/s1. The van der Waals surface area contributed by atoms with E-state index in [0.29, 0.717) is 10.7 Å². The third kappa shape index (κ3) is 3.72. The molecule has 2 aromatic heterocycles. The van der Waals surface area contributed by atoms with E-state index < -0.39 is 24.2 Å². The van der Waals surface area contributed by atoms with Gasteiger partial charge in [-0.15, -0.1) is 11.3 Å². The average Bonchev–Trinajstić information content (AvgIpc) is 3.29. The fraction of sp³-hybridized carbons (Fsp3) is 0.222. The van der Waals surface area contributed by atoms with E-state index in [9.17, 15) is 18.0 Å². The van der Waals surface area contributed by atoms with Crippen LogP contribution in [0, 0.1) is 0 Å². The van der Waals surface area contributed by atoms with Gasteiger partial charge in [0.25, 0.3) is 5.91 Å². The minimum Gasteiger partial charge on any atom is -0.363 e. The lowest BCUT2D eigenvalue weighted by Gasteiger charge is -2.32. The van der Waals surface area contributed by atoms with E-state index in [0.717, 1.165) is 9.56 Å². The number of nitrogens with one attached hydrogen (secondary N) is 2. The van der Waals surface area contributed by atoms with Crippen molar-refractivity contribution in [2.75, 3.05) is 10.6 Å². The van der Waals surface area contributed by atoms with Gasteiger partial charge in [0.05, 0.1) is 6.04 Å². The molecule has 2 N–H and O–H groups in total. The van der Waals surface area contributed by atoms with Gasteiger partial charge in [-0.05, 0) is 29.6 Å². The molecule has 0 saturated heterocycles. The molecule has 4 rings (SSSR count). The molecule has 146 valence electrons. The van der Waals surface area contributed by atoms with Crippen LogP contribution in [0.15, 0.2) is 47.8 Å². The summed E-state index contributed by atoms with van der Waals surface area (Å²) in [6, 6.07) is 9.07. The predicted octanol–water partition coefficient (Wildman–Crippen LogP) is 5.51. The van der Waals surface area contributed by atoms with Crippen molar-refractivity contribution < 1.29 is 18.0 Å². The summed E-state index contributed by atoms with van der Waals surface area (Å²) in [5.41, 5.74) is 0.323. The highest BCUT2D eigenvalue weighted by Gasteiger charge is 2.47. The number of amides is 1. The van der Waals surface area contributed by atoms with Gasteiger partial charge in [-0.2, -0.15) is 18.3 Å². The van der Waals surface area contributed by atoms with E-state index in [1.165, 1.54) is 17.4 Å². The molecule has 1 amide bonds. The van der Waals surface area contributed by atoms with Crippen molar-refractivity contribution in [3.63, 3.8) is 0 Å². The van der Waals surface area contributed by atoms with Crippen LogP contribution in [0.25, 0.3) is 0 Å². The van der Waals surface area contributed by atoms with Crippen molar-refractivity contribution in [1.29, 1.82) is 0 Å². The molecular formula is C18H14ClF3N4OS. The Hall–Kier alpha value is -2.52. The molecule has 0 unspecified atom stereocenters. The first kappa shape index (κ1) is 18.8. The zero-order valence-corrected chi connectivity index (χ0v) is 15.8. The second-order valence-corrected chi connectivity index (χ2v) is 7.75. The molecule has 1 aliphatic heterocycles. The van der Waals surface area contributed by atoms with E-state index >= 15 is 0 Å². The van der Waals surface area contributed by atoms with Crippen LogP contribution in [0.1, 0.15) is 33.9 Å². The summed E-state index contributed by atoms with van der Waals surface area (Å²) in [7, 11) is 0. The van der Waals surface area contributed by atoms with Crippen molar-refractivity contribution >= 4 is 40.4 Å². The largest absolute Gasteiger partial charge is 0.410 e. The predicted molar refractivity (Wildman–Crippen MR) is 102 cm³/mol. The quantitative estimate of drug-likeness (QED) is 0.580. The Kier molecular flexibility index (Phi) is 4.80. The fourth-order valence-electron chi connectivity index (χ4n) is 3.12. The first-order chi connectivity index (χ1) is 13.3. The van der Waals surface area contributed by atoms with Gasteiger partial charge >= 0.3 is 6.18 Å². The van der Waals surface area contributed by atoms with Crippen LogP contribution in [-0.2, 0) is 0 Å². The number of hydrogen-bond donors (Lipinski definition) is 2. The fourth-order valence-corrected chi connectivity index (χ4v) is 4.10. The first-order valence-corrected chi connectivity index (χ1v) is 9.60. The molecule has 0 spiro atoms. The molecule has 1 aliphatic rings. The minimum atomic E-state index is -4.49. The summed E-state index contributed by atoms with van der Waals surface area (Å²) < 4.78 is 41.8. The summed E-state index contributed by atoms with van der Waals surface area (Å²) in [6.07, 6.45) is -4.69. The maximum absolute atomic E-state index is 13.6. The van der Waals surface area contributed by atoms with Crippen LogP contribution >= 0.6 is 22.9 Å². The maximum atomic E-state index is 13.6. The van der Waals surface area contributed by atoms with E-state index in [1.807, 2.05) is 5.38 Å². The zero-order valence-electron chi connectivity index (χ0n) is 14.2. The number of hydrogen-bond acceptors (Lipinski definition) is 4. The molecule has 0 aliphatic carbocycles. The second-order valence-electron chi connectivity index (χ2n) is 6.33. The molecule has 5 nitrogen and oxygen atoms in total. The van der Waals surface area contributed by atoms with E-state index in [-0.39, 0.29) is 17.9 Å². The summed E-state index contributed by atoms with van der Waals surface area (Å²) in [6.45, 7) is 0. The Morgan fingerprint density at radius 3 is 2.79 bits per heavy atom. The van der Waals surface area contributed by atoms with Gasteiger partial charge in [0.2, 0.25) is 0 Å². The highest BCUT2D eigenvalue weighted by atomic mass is 35.5. The molecule has 2 atom stereocenters. The monoisotopic (exact) mass is 426 g/mol. The van der Waals surface area contributed by atoms with Gasteiger partial charge in [-0.1, -0.05) is 23.7 Å². The van der Waals surface area contributed by atoms with Crippen LogP contribution in [0.5, 0.6) is 0 Å². The molecule has 1 aromatic carbocycles. The minimum absolute atomic E-state index is 0.108.